The molecule has 1 aromatic heterocycles. The van der Waals surface area contributed by atoms with E-state index in [1.807, 2.05) is 42.5 Å². The molecule has 0 aliphatic carbocycles. The molecule has 18 heavy (non-hydrogen) atoms. The molecule has 4 heteroatoms. The van der Waals surface area contributed by atoms with Crippen molar-refractivity contribution in [1.29, 1.82) is 0 Å². The molecule has 0 aliphatic heterocycles. The topological polar surface area (TPSA) is 43.1 Å². The number of aromatic nitrogens is 1. The zero-order valence-electron chi connectivity index (χ0n) is 9.37. The minimum absolute atomic E-state index is 0.0674. The van der Waals surface area contributed by atoms with Crippen molar-refractivity contribution in [3.05, 3.63) is 60.2 Å². The number of para-hydroxylation sites is 2. The van der Waals surface area contributed by atoms with Crippen LogP contribution in [0.3, 0.4) is 0 Å². The van der Waals surface area contributed by atoms with Crippen LogP contribution in [-0.2, 0) is 0 Å². The van der Waals surface area contributed by atoms with Crippen molar-refractivity contribution in [1.82, 2.24) is 4.98 Å². The van der Waals surface area contributed by atoms with Gasteiger partial charge in [0.05, 0.1) is 0 Å². The van der Waals surface area contributed by atoms with Gasteiger partial charge in [-0.25, -0.2) is 4.98 Å². The molecule has 0 saturated heterocycles. The van der Waals surface area contributed by atoms with Crippen LogP contribution in [0.1, 0.15) is 10.4 Å². The van der Waals surface area contributed by atoms with Crippen LogP contribution in [0.2, 0.25) is 0 Å². The van der Waals surface area contributed by atoms with Crippen LogP contribution in [-0.4, -0.2) is 10.1 Å². The molecular weight excluding hydrogens is 246 g/mol. The number of nitrogens with zero attached hydrogens (tertiary/aromatic N) is 1. The quantitative estimate of drug-likeness (QED) is 0.654. The fourth-order valence-corrected chi connectivity index (χ4v) is 2.30. The molecule has 0 aliphatic rings. The van der Waals surface area contributed by atoms with Gasteiger partial charge in [0.1, 0.15) is 5.52 Å². The van der Waals surface area contributed by atoms with Gasteiger partial charge in [0.25, 0.3) is 5.22 Å². The first-order valence-corrected chi connectivity index (χ1v) is 6.27. The summed E-state index contributed by atoms with van der Waals surface area (Å²) in [4.78, 5) is 16.2. The monoisotopic (exact) mass is 255 g/mol. The van der Waals surface area contributed by atoms with E-state index in [9.17, 15) is 4.79 Å². The van der Waals surface area contributed by atoms with Gasteiger partial charge in [0, 0.05) is 17.3 Å². The lowest BCUT2D eigenvalue weighted by Gasteiger charge is -1.95. The van der Waals surface area contributed by atoms with E-state index >= 15 is 0 Å². The average molecular weight is 255 g/mol. The summed E-state index contributed by atoms with van der Waals surface area (Å²) >= 11 is 1.01. The second kappa shape index (κ2) is 4.66. The fourth-order valence-electron chi connectivity index (χ4n) is 1.61. The number of fused-ring (bicyclic) bond motifs is 1. The Morgan fingerprint density at radius 2 is 1.72 bits per heavy atom. The van der Waals surface area contributed by atoms with E-state index < -0.39 is 0 Å². The number of benzene rings is 2. The molecule has 3 nitrogen and oxygen atoms in total. The number of hydrogen-bond acceptors (Lipinski definition) is 4. The number of hydrogen-bond donors (Lipinski definition) is 0. The second-order valence-corrected chi connectivity index (χ2v) is 4.63. The van der Waals surface area contributed by atoms with E-state index in [2.05, 4.69) is 4.98 Å². The standard InChI is InChI=1S/C14H9NO2S/c16-13(10-6-2-1-3-7-10)18-14-15-11-8-4-5-9-12(11)17-14/h1-9H. The number of carbonyl (C=O) groups is 1. The van der Waals surface area contributed by atoms with Crippen LogP contribution in [0.5, 0.6) is 0 Å². The molecular formula is C14H9NO2S. The number of rotatable bonds is 2. The molecule has 88 valence electrons. The van der Waals surface area contributed by atoms with Gasteiger partial charge in [-0.05, 0) is 12.1 Å². The van der Waals surface area contributed by atoms with E-state index in [0.717, 1.165) is 17.3 Å². The van der Waals surface area contributed by atoms with Crippen LogP contribution in [0, 0.1) is 0 Å². The molecule has 1 heterocycles. The highest BCUT2D eigenvalue weighted by Crippen LogP contribution is 2.25. The Hall–Kier alpha value is -2.07. The zero-order valence-corrected chi connectivity index (χ0v) is 10.2. The van der Waals surface area contributed by atoms with E-state index in [4.69, 9.17) is 4.42 Å². The zero-order chi connectivity index (χ0) is 12.4. The SMILES string of the molecule is O=C(Sc1nc2ccccc2o1)c1ccccc1. The summed E-state index contributed by atoms with van der Waals surface area (Å²) in [6, 6.07) is 16.5. The lowest BCUT2D eigenvalue weighted by molar-refractivity contribution is 0.108. The third-order valence-electron chi connectivity index (χ3n) is 2.46. The molecule has 0 unspecified atom stereocenters. The smallest absolute Gasteiger partial charge is 0.264 e. The summed E-state index contributed by atoms with van der Waals surface area (Å²) < 4.78 is 5.49. The Bertz CT molecular complexity index is 658. The van der Waals surface area contributed by atoms with Crippen LogP contribution < -0.4 is 0 Å². The van der Waals surface area contributed by atoms with Gasteiger partial charge in [-0.1, -0.05) is 42.5 Å². The molecule has 3 aromatic rings. The van der Waals surface area contributed by atoms with Crippen LogP contribution in [0.4, 0.5) is 0 Å². The number of thioether (sulfide) groups is 1. The summed E-state index contributed by atoms with van der Waals surface area (Å²) in [7, 11) is 0. The van der Waals surface area contributed by atoms with Crippen molar-refractivity contribution >= 4 is 28.0 Å². The molecule has 0 radical (unpaired) electrons. The summed E-state index contributed by atoms with van der Waals surface area (Å²) in [5, 5.41) is 0.312. The second-order valence-electron chi connectivity index (χ2n) is 3.70. The van der Waals surface area contributed by atoms with Crippen molar-refractivity contribution in [2.45, 2.75) is 5.22 Å². The Balaban J connectivity index is 1.86. The maximum absolute atomic E-state index is 12.0. The Morgan fingerprint density at radius 3 is 2.50 bits per heavy atom. The maximum atomic E-state index is 12.0. The summed E-state index contributed by atoms with van der Waals surface area (Å²) in [6.45, 7) is 0. The molecule has 2 aromatic carbocycles. The first-order chi connectivity index (χ1) is 8.83. The molecule has 0 saturated carbocycles. The largest absolute Gasteiger partial charge is 0.431 e. The molecule has 0 amide bonds. The van der Waals surface area contributed by atoms with Crippen molar-refractivity contribution in [3.63, 3.8) is 0 Å². The molecule has 3 rings (SSSR count). The molecule has 0 fully saturated rings. The van der Waals surface area contributed by atoms with Crippen LogP contribution >= 0.6 is 11.8 Å². The molecule has 0 N–H and O–H groups in total. The van der Waals surface area contributed by atoms with Gasteiger partial charge in [0.15, 0.2) is 5.58 Å². The third kappa shape index (κ3) is 2.15. The van der Waals surface area contributed by atoms with Crippen molar-refractivity contribution in [2.75, 3.05) is 0 Å². The minimum Gasteiger partial charge on any atom is -0.431 e. The van der Waals surface area contributed by atoms with Crippen molar-refractivity contribution in [3.8, 4) is 0 Å². The van der Waals surface area contributed by atoms with Crippen molar-refractivity contribution in [2.24, 2.45) is 0 Å². The van der Waals surface area contributed by atoms with Crippen molar-refractivity contribution < 1.29 is 9.21 Å². The molecule has 0 atom stereocenters. The summed E-state index contributed by atoms with van der Waals surface area (Å²) in [5.74, 6) is 0. The van der Waals surface area contributed by atoms with E-state index in [0.29, 0.717) is 16.4 Å². The maximum Gasteiger partial charge on any atom is 0.264 e. The van der Waals surface area contributed by atoms with Gasteiger partial charge >= 0.3 is 0 Å². The lowest BCUT2D eigenvalue weighted by atomic mass is 10.2. The molecule has 0 spiro atoms. The Morgan fingerprint density at radius 1 is 1.00 bits per heavy atom. The predicted molar refractivity (Wildman–Crippen MR) is 70.6 cm³/mol. The van der Waals surface area contributed by atoms with E-state index in [1.54, 1.807) is 12.1 Å². The van der Waals surface area contributed by atoms with Gasteiger partial charge in [0.2, 0.25) is 5.12 Å². The fraction of sp³-hybridized carbons (Fsp3) is 0. The third-order valence-corrected chi connectivity index (χ3v) is 3.23. The van der Waals surface area contributed by atoms with Gasteiger partial charge in [-0.15, -0.1) is 0 Å². The summed E-state index contributed by atoms with van der Waals surface area (Å²) in [5.41, 5.74) is 2.10. The lowest BCUT2D eigenvalue weighted by Crippen LogP contribution is -1.91. The highest BCUT2D eigenvalue weighted by molar-refractivity contribution is 8.14. The number of oxazole rings is 1. The first kappa shape index (κ1) is 11.0. The van der Waals surface area contributed by atoms with E-state index in [1.165, 1.54) is 0 Å². The Labute approximate surface area is 108 Å². The number of carbonyl (C=O) groups excluding carboxylic acids is 1. The van der Waals surface area contributed by atoms with E-state index in [-0.39, 0.29) is 5.12 Å². The van der Waals surface area contributed by atoms with Gasteiger partial charge < -0.3 is 4.42 Å². The minimum atomic E-state index is -0.0674. The van der Waals surface area contributed by atoms with Gasteiger partial charge in [-0.2, -0.15) is 0 Å². The summed E-state index contributed by atoms with van der Waals surface area (Å²) in [6.07, 6.45) is 0. The first-order valence-electron chi connectivity index (χ1n) is 5.46. The van der Waals surface area contributed by atoms with Crippen LogP contribution in [0.15, 0.2) is 64.2 Å². The average Bonchev–Trinajstić information content (AvgIpc) is 2.82. The highest BCUT2D eigenvalue weighted by atomic mass is 32.2. The molecule has 0 bridgehead atoms. The van der Waals surface area contributed by atoms with Gasteiger partial charge in [-0.3, -0.25) is 4.79 Å². The van der Waals surface area contributed by atoms with Crippen LogP contribution in [0.25, 0.3) is 11.1 Å². The highest BCUT2D eigenvalue weighted by Gasteiger charge is 2.12. The Kier molecular flexibility index (Phi) is 2.86. The predicted octanol–water partition coefficient (Wildman–Crippen LogP) is 3.76. The normalized spacial score (nSPS) is 10.7.